The fourth-order valence-electron chi connectivity index (χ4n) is 3.32. The van der Waals surface area contributed by atoms with Crippen molar-refractivity contribution in [3.63, 3.8) is 0 Å². The molecule has 8 heteroatoms. The molecule has 1 aliphatic carbocycles. The molecule has 1 aromatic rings. The SMILES string of the molecule is CCn1c([C@@H]2C[C@H](OC)CN2CC(=O)N(C)C2CC2)n[nH]c1=O. The number of amides is 1. The summed E-state index contributed by atoms with van der Waals surface area (Å²) in [5.74, 6) is 0.814. The molecule has 2 heterocycles. The molecule has 2 fully saturated rings. The summed E-state index contributed by atoms with van der Waals surface area (Å²) in [5, 5.41) is 6.71. The molecule has 128 valence electrons. The van der Waals surface area contributed by atoms with E-state index in [1.165, 1.54) is 0 Å². The molecule has 0 aromatic carbocycles. The average Bonchev–Trinajstić information content (AvgIpc) is 3.22. The molecule has 0 unspecified atom stereocenters. The van der Waals surface area contributed by atoms with Crippen molar-refractivity contribution in [3.05, 3.63) is 16.3 Å². The van der Waals surface area contributed by atoms with Gasteiger partial charge < -0.3 is 9.64 Å². The van der Waals surface area contributed by atoms with Crippen molar-refractivity contribution in [2.24, 2.45) is 0 Å². The second-order valence-corrected chi connectivity index (χ2v) is 6.41. The molecule has 1 aliphatic heterocycles. The third-order valence-electron chi connectivity index (χ3n) is 4.93. The zero-order valence-electron chi connectivity index (χ0n) is 14.0. The molecule has 2 aliphatic rings. The van der Waals surface area contributed by atoms with E-state index in [0.717, 1.165) is 19.3 Å². The molecule has 23 heavy (non-hydrogen) atoms. The number of methoxy groups -OCH3 is 1. The van der Waals surface area contributed by atoms with Crippen molar-refractivity contribution in [1.82, 2.24) is 24.6 Å². The van der Waals surface area contributed by atoms with Gasteiger partial charge in [-0.15, -0.1) is 0 Å². The van der Waals surface area contributed by atoms with Crippen molar-refractivity contribution in [2.75, 3.05) is 27.2 Å². The summed E-state index contributed by atoms with van der Waals surface area (Å²) in [4.78, 5) is 28.2. The van der Waals surface area contributed by atoms with E-state index in [1.54, 1.807) is 11.7 Å². The summed E-state index contributed by atoms with van der Waals surface area (Å²) >= 11 is 0. The van der Waals surface area contributed by atoms with Gasteiger partial charge in [-0.2, -0.15) is 5.10 Å². The van der Waals surface area contributed by atoms with Crippen molar-refractivity contribution in [2.45, 2.75) is 50.9 Å². The van der Waals surface area contributed by atoms with Crippen LogP contribution in [0.3, 0.4) is 0 Å². The highest BCUT2D eigenvalue weighted by molar-refractivity contribution is 5.78. The lowest BCUT2D eigenvalue weighted by atomic mass is 10.2. The first kappa shape index (κ1) is 16.2. The van der Waals surface area contributed by atoms with Gasteiger partial charge in [-0.25, -0.2) is 9.89 Å². The number of hydrogen-bond donors (Lipinski definition) is 1. The zero-order chi connectivity index (χ0) is 16.6. The maximum atomic E-state index is 12.5. The summed E-state index contributed by atoms with van der Waals surface area (Å²) in [5.41, 5.74) is -0.204. The highest BCUT2D eigenvalue weighted by Crippen LogP contribution is 2.32. The minimum atomic E-state index is -0.204. The molecular weight excluding hydrogens is 298 g/mol. The van der Waals surface area contributed by atoms with Crippen LogP contribution in [-0.4, -0.2) is 69.9 Å². The van der Waals surface area contributed by atoms with Crippen LogP contribution in [-0.2, 0) is 16.1 Å². The highest BCUT2D eigenvalue weighted by Gasteiger charge is 2.39. The van der Waals surface area contributed by atoms with Gasteiger partial charge in [0.2, 0.25) is 5.91 Å². The Morgan fingerprint density at radius 2 is 2.22 bits per heavy atom. The van der Waals surface area contributed by atoms with E-state index in [2.05, 4.69) is 15.1 Å². The number of aromatic amines is 1. The summed E-state index contributed by atoms with van der Waals surface area (Å²) in [7, 11) is 3.55. The summed E-state index contributed by atoms with van der Waals surface area (Å²) in [6.07, 6.45) is 2.99. The van der Waals surface area contributed by atoms with Gasteiger partial charge in [0.1, 0.15) is 0 Å². The number of carbonyl (C=O) groups is 1. The first-order valence-electron chi connectivity index (χ1n) is 8.22. The van der Waals surface area contributed by atoms with Gasteiger partial charge in [0.05, 0.1) is 18.7 Å². The van der Waals surface area contributed by atoms with Gasteiger partial charge in [-0.1, -0.05) is 0 Å². The van der Waals surface area contributed by atoms with E-state index in [-0.39, 0.29) is 23.7 Å². The zero-order valence-corrected chi connectivity index (χ0v) is 14.0. The monoisotopic (exact) mass is 323 g/mol. The second-order valence-electron chi connectivity index (χ2n) is 6.41. The second kappa shape index (κ2) is 6.45. The molecule has 1 amide bonds. The quantitative estimate of drug-likeness (QED) is 0.795. The molecule has 0 spiro atoms. The number of likely N-dealkylation sites (N-methyl/N-ethyl adjacent to an activating group) is 1. The van der Waals surface area contributed by atoms with Crippen LogP contribution < -0.4 is 5.69 Å². The number of aromatic nitrogens is 3. The van der Waals surface area contributed by atoms with Gasteiger partial charge in [0.25, 0.3) is 0 Å². The van der Waals surface area contributed by atoms with Crippen molar-refractivity contribution < 1.29 is 9.53 Å². The Hall–Kier alpha value is -1.67. The standard InChI is InChI=1S/C15H25N5O3/c1-4-20-14(16-17-15(20)22)12-7-11(23-3)8-19(12)9-13(21)18(2)10-5-6-10/h10-12H,4-9H2,1-3H3,(H,17,22)/t11-,12-/m0/s1. The fraction of sp³-hybridized carbons (Fsp3) is 0.800. The number of nitrogens with zero attached hydrogens (tertiary/aromatic N) is 4. The molecule has 0 radical (unpaired) electrons. The van der Waals surface area contributed by atoms with E-state index in [0.29, 0.717) is 31.5 Å². The van der Waals surface area contributed by atoms with E-state index >= 15 is 0 Å². The summed E-state index contributed by atoms with van der Waals surface area (Å²) in [6.45, 7) is 3.49. The normalized spacial score (nSPS) is 25.0. The van der Waals surface area contributed by atoms with Gasteiger partial charge in [-0.05, 0) is 26.2 Å². The van der Waals surface area contributed by atoms with Crippen LogP contribution in [0.2, 0.25) is 0 Å². The first-order chi connectivity index (χ1) is 11.0. The Labute approximate surface area is 135 Å². The van der Waals surface area contributed by atoms with E-state index in [9.17, 15) is 9.59 Å². The van der Waals surface area contributed by atoms with Gasteiger partial charge in [0.15, 0.2) is 5.82 Å². The summed E-state index contributed by atoms with van der Waals surface area (Å²) < 4.78 is 7.11. The minimum absolute atomic E-state index is 0.0520. The Kier molecular flexibility index (Phi) is 4.54. The molecule has 3 rings (SSSR count). The molecule has 1 saturated heterocycles. The number of ether oxygens (including phenoxy) is 1. The molecule has 1 aromatic heterocycles. The Balaban J connectivity index is 1.78. The predicted octanol–water partition coefficient (Wildman–Crippen LogP) is -0.0261. The van der Waals surface area contributed by atoms with Crippen LogP contribution in [0.5, 0.6) is 0 Å². The largest absolute Gasteiger partial charge is 0.380 e. The van der Waals surface area contributed by atoms with Gasteiger partial charge >= 0.3 is 5.69 Å². The van der Waals surface area contributed by atoms with E-state index < -0.39 is 0 Å². The van der Waals surface area contributed by atoms with Crippen LogP contribution in [0.1, 0.15) is 38.1 Å². The number of carbonyl (C=O) groups excluding carboxylic acids is 1. The molecule has 0 bridgehead atoms. The molecule has 2 atom stereocenters. The number of likely N-dealkylation sites (tertiary alicyclic amines) is 1. The Bertz CT molecular complexity index is 621. The third kappa shape index (κ3) is 3.18. The van der Waals surface area contributed by atoms with Crippen molar-refractivity contribution >= 4 is 5.91 Å². The maximum absolute atomic E-state index is 12.5. The summed E-state index contributed by atoms with van der Waals surface area (Å²) in [6, 6.07) is 0.330. The number of hydrogen-bond acceptors (Lipinski definition) is 5. The Morgan fingerprint density at radius 3 is 2.83 bits per heavy atom. The number of nitrogens with one attached hydrogen (secondary N) is 1. The van der Waals surface area contributed by atoms with Crippen molar-refractivity contribution in [1.29, 1.82) is 0 Å². The fourth-order valence-corrected chi connectivity index (χ4v) is 3.32. The maximum Gasteiger partial charge on any atom is 0.343 e. The van der Waals surface area contributed by atoms with Crippen LogP contribution in [0.15, 0.2) is 4.79 Å². The van der Waals surface area contributed by atoms with Crippen LogP contribution >= 0.6 is 0 Å². The van der Waals surface area contributed by atoms with Crippen LogP contribution in [0, 0.1) is 0 Å². The lowest BCUT2D eigenvalue weighted by molar-refractivity contribution is -0.132. The highest BCUT2D eigenvalue weighted by atomic mass is 16.5. The predicted molar refractivity (Wildman–Crippen MR) is 84.0 cm³/mol. The van der Waals surface area contributed by atoms with E-state index in [4.69, 9.17) is 4.74 Å². The number of rotatable bonds is 6. The Morgan fingerprint density at radius 1 is 1.48 bits per heavy atom. The molecule has 1 N–H and O–H groups in total. The van der Waals surface area contributed by atoms with Crippen LogP contribution in [0.4, 0.5) is 0 Å². The van der Waals surface area contributed by atoms with Gasteiger partial charge in [-0.3, -0.25) is 14.3 Å². The van der Waals surface area contributed by atoms with E-state index in [1.807, 2.05) is 18.9 Å². The third-order valence-corrected chi connectivity index (χ3v) is 4.93. The topological polar surface area (TPSA) is 83.5 Å². The van der Waals surface area contributed by atoms with Crippen LogP contribution in [0.25, 0.3) is 0 Å². The smallest absolute Gasteiger partial charge is 0.343 e. The van der Waals surface area contributed by atoms with Gasteiger partial charge in [0, 0.05) is 33.3 Å². The molecule has 1 saturated carbocycles. The average molecular weight is 323 g/mol. The minimum Gasteiger partial charge on any atom is -0.380 e. The lowest BCUT2D eigenvalue weighted by Crippen LogP contribution is -2.40. The first-order valence-corrected chi connectivity index (χ1v) is 8.22. The molecule has 8 nitrogen and oxygen atoms in total. The lowest BCUT2D eigenvalue weighted by Gasteiger charge is -2.25. The number of H-pyrrole nitrogens is 1. The molecular formula is C15H25N5O3. The van der Waals surface area contributed by atoms with Crippen molar-refractivity contribution in [3.8, 4) is 0 Å².